The minimum absolute atomic E-state index is 0.367. The first-order valence-electron chi connectivity index (χ1n) is 10.1. The van der Waals surface area contributed by atoms with Crippen LogP contribution in [0.2, 0.25) is 0 Å². The number of carbonyl (C=O) groups excluding carboxylic acids is 1. The number of aromatic nitrogens is 2. The number of nitrogens with one attached hydrogen (secondary N) is 2. The molecular formula is C18H23N3O12P2. The van der Waals surface area contributed by atoms with Gasteiger partial charge in [-0.3, -0.25) is 28.8 Å². The lowest BCUT2D eigenvalue weighted by atomic mass is 10.1. The smallest absolute Gasteiger partial charge is 0.438 e. The molecule has 5 unspecified atom stereocenters. The van der Waals surface area contributed by atoms with E-state index in [0.29, 0.717) is 5.69 Å². The van der Waals surface area contributed by atoms with E-state index in [4.69, 9.17) is 9.47 Å². The molecule has 2 aromatic rings. The number of carbonyl (C=O) groups is 1. The Morgan fingerprint density at radius 2 is 1.89 bits per heavy atom. The Bertz CT molecular complexity index is 1250. The summed E-state index contributed by atoms with van der Waals surface area (Å²) in [5.74, 6) is 0. The first kappa shape index (κ1) is 27.0. The maximum atomic E-state index is 12.4. The Hall–Kier alpha value is -2.61. The van der Waals surface area contributed by atoms with Crippen LogP contribution in [0.4, 0.5) is 10.5 Å². The van der Waals surface area contributed by atoms with Crippen LogP contribution in [-0.2, 0) is 27.4 Å². The van der Waals surface area contributed by atoms with Gasteiger partial charge in [-0.15, -0.1) is 0 Å². The zero-order valence-electron chi connectivity index (χ0n) is 18.1. The van der Waals surface area contributed by atoms with Gasteiger partial charge in [-0.2, -0.15) is 0 Å². The molecule has 0 spiro atoms. The van der Waals surface area contributed by atoms with E-state index >= 15 is 0 Å². The molecule has 0 saturated carbocycles. The second kappa shape index (κ2) is 11.0. The van der Waals surface area contributed by atoms with E-state index in [1.165, 1.54) is 6.92 Å². The van der Waals surface area contributed by atoms with E-state index in [2.05, 4.69) is 14.2 Å². The molecule has 6 atom stereocenters. The SMILES string of the molecule is CCP(=O)(O)OP(=O)(O)OCC1O[C@@H](n2ccc(=O)[nH]c2=O)C(OC(=O)Nc2ccccc2)C1O. The van der Waals surface area contributed by atoms with E-state index < -0.39 is 70.1 Å². The fourth-order valence-corrected chi connectivity index (χ4v) is 5.31. The number of para-hydroxylation sites is 1. The number of nitrogens with zero attached hydrogens (tertiary/aromatic N) is 1. The quantitative estimate of drug-likeness (QED) is 0.281. The van der Waals surface area contributed by atoms with Crippen LogP contribution in [0.25, 0.3) is 0 Å². The number of phosphoric acid groups is 1. The number of hydrogen-bond donors (Lipinski definition) is 5. The van der Waals surface area contributed by atoms with E-state index in [0.717, 1.165) is 16.8 Å². The number of aliphatic hydroxyl groups excluding tert-OH is 1. The van der Waals surface area contributed by atoms with Gasteiger partial charge in [-0.1, -0.05) is 25.1 Å². The highest BCUT2D eigenvalue weighted by Gasteiger charge is 2.49. The average Bonchev–Trinajstić information content (AvgIpc) is 3.07. The van der Waals surface area contributed by atoms with Gasteiger partial charge in [-0.05, 0) is 12.1 Å². The van der Waals surface area contributed by atoms with Gasteiger partial charge < -0.3 is 24.4 Å². The Labute approximate surface area is 197 Å². The van der Waals surface area contributed by atoms with Crippen molar-refractivity contribution in [2.24, 2.45) is 0 Å². The normalized spacial score (nSPS) is 25.4. The van der Waals surface area contributed by atoms with Crippen LogP contribution in [0.1, 0.15) is 13.2 Å². The highest BCUT2D eigenvalue weighted by molar-refractivity contribution is 7.63. The van der Waals surface area contributed by atoms with E-state index in [-0.39, 0.29) is 0 Å². The number of rotatable bonds is 9. The number of anilines is 1. The first-order chi connectivity index (χ1) is 16.4. The lowest BCUT2D eigenvalue weighted by Gasteiger charge is -2.22. The van der Waals surface area contributed by atoms with Crippen molar-refractivity contribution in [3.8, 4) is 0 Å². The summed E-state index contributed by atoms with van der Waals surface area (Å²) < 4.78 is 44.2. The number of ether oxygens (including phenoxy) is 2. The third-order valence-corrected chi connectivity index (χ3v) is 7.85. The number of aromatic amines is 1. The lowest BCUT2D eigenvalue weighted by molar-refractivity contribution is -0.0550. The molecule has 1 aliphatic heterocycles. The van der Waals surface area contributed by atoms with Crippen LogP contribution in [0.15, 0.2) is 52.2 Å². The molecule has 2 heterocycles. The second-order valence-corrected chi connectivity index (χ2v) is 11.0. The Morgan fingerprint density at radius 1 is 1.20 bits per heavy atom. The highest BCUT2D eigenvalue weighted by atomic mass is 31.3. The number of H-pyrrole nitrogens is 1. The minimum Gasteiger partial charge on any atom is -0.438 e. The number of amides is 1. The van der Waals surface area contributed by atoms with Crippen LogP contribution in [0.3, 0.4) is 0 Å². The molecule has 1 aromatic carbocycles. The largest absolute Gasteiger partial charge is 0.479 e. The summed E-state index contributed by atoms with van der Waals surface area (Å²) in [6.45, 7) is 0.396. The maximum absolute atomic E-state index is 12.4. The van der Waals surface area contributed by atoms with Crippen molar-refractivity contribution in [3.63, 3.8) is 0 Å². The molecule has 1 fully saturated rings. The molecule has 0 radical (unpaired) electrons. The van der Waals surface area contributed by atoms with Crippen LogP contribution < -0.4 is 16.6 Å². The Kier molecular flexibility index (Phi) is 8.46. The van der Waals surface area contributed by atoms with E-state index in [1.54, 1.807) is 30.3 Å². The van der Waals surface area contributed by atoms with Gasteiger partial charge in [0.05, 0.1) is 6.61 Å². The zero-order chi connectivity index (χ0) is 25.8. The molecule has 192 valence electrons. The summed E-state index contributed by atoms with van der Waals surface area (Å²) in [4.78, 5) is 57.2. The number of benzene rings is 1. The van der Waals surface area contributed by atoms with Crippen molar-refractivity contribution in [1.29, 1.82) is 0 Å². The molecule has 1 aromatic heterocycles. The van der Waals surface area contributed by atoms with E-state index in [9.17, 15) is 38.4 Å². The molecule has 15 nitrogen and oxygen atoms in total. The molecule has 1 amide bonds. The predicted molar refractivity (Wildman–Crippen MR) is 119 cm³/mol. The summed E-state index contributed by atoms with van der Waals surface area (Å²) in [7, 11) is -9.46. The number of phosphoric ester groups is 1. The van der Waals surface area contributed by atoms with E-state index in [1.807, 2.05) is 4.98 Å². The van der Waals surface area contributed by atoms with Gasteiger partial charge in [0.1, 0.15) is 12.2 Å². The third kappa shape index (κ3) is 7.19. The number of aliphatic hydroxyl groups is 1. The summed E-state index contributed by atoms with van der Waals surface area (Å²) in [5.41, 5.74) is -1.30. The second-order valence-electron chi connectivity index (χ2n) is 7.23. The molecule has 1 saturated heterocycles. The van der Waals surface area contributed by atoms with Gasteiger partial charge in [0.2, 0.25) is 0 Å². The summed E-state index contributed by atoms with van der Waals surface area (Å²) in [6.07, 6.45) is -6.64. The topological polar surface area (TPSA) is 216 Å². The van der Waals surface area contributed by atoms with Crippen LogP contribution in [0.5, 0.6) is 0 Å². The van der Waals surface area contributed by atoms with Crippen LogP contribution >= 0.6 is 15.4 Å². The first-order valence-corrected chi connectivity index (χ1v) is 13.3. The van der Waals surface area contributed by atoms with Crippen molar-refractivity contribution in [2.45, 2.75) is 31.5 Å². The minimum atomic E-state index is -5.05. The van der Waals surface area contributed by atoms with Gasteiger partial charge in [0.25, 0.3) is 5.56 Å². The summed E-state index contributed by atoms with van der Waals surface area (Å²) in [5, 5.41) is 13.1. The van der Waals surface area contributed by atoms with Crippen molar-refractivity contribution in [2.75, 3.05) is 18.1 Å². The molecule has 5 N–H and O–H groups in total. The Morgan fingerprint density at radius 3 is 2.51 bits per heavy atom. The standard InChI is InChI=1S/C18H23N3O12P2/c1-2-34(26,27)33-35(28,29)30-10-12-14(23)15(32-18(25)19-11-6-4-3-5-7-11)16(31-12)21-9-8-13(22)20-17(21)24/h3-9,12,14-16,23H,2,10H2,1H3,(H,19,25)(H,26,27)(H,28,29)(H,20,22,24)/t12?,14?,15?,16-/m1/s1. The summed E-state index contributed by atoms with van der Waals surface area (Å²) in [6, 6.07) is 9.14. The fraction of sp³-hybridized carbons (Fsp3) is 0.389. The summed E-state index contributed by atoms with van der Waals surface area (Å²) >= 11 is 0. The van der Waals surface area contributed by atoms with Gasteiger partial charge in [0, 0.05) is 24.1 Å². The lowest BCUT2D eigenvalue weighted by Crippen LogP contribution is -2.41. The predicted octanol–water partition coefficient (Wildman–Crippen LogP) is 0.751. The fourth-order valence-electron chi connectivity index (χ4n) is 3.04. The van der Waals surface area contributed by atoms with Gasteiger partial charge >= 0.3 is 27.2 Å². The van der Waals surface area contributed by atoms with Crippen molar-refractivity contribution in [3.05, 3.63) is 63.4 Å². The monoisotopic (exact) mass is 535 g/mol. The van der Waals surface area contributed by atoms with Crippen LogP contribution in [-0.4, -0.2) is 61.6 Å². The van der Waals surface area contributed by atoms with Crippen LogP contribution in [0, 0.1) is 0 Å². The molecular weight excluding hydrogens is 512 g/mol. The molecule has 0 bridgehead atoms. The molecule has 3 rings (SSSR count). The maximum Gasteiger partial charge on any atom is 0.479 e. The van der Waals surface area contributed by atoms with Crippen molar-refractivity contribution >= 4 is 27.2 Å². The Balaban J connectivity index is 1.80. The third-order valence-electron chi connectivity index (χ3n) is 4.73. The highest BCUT2D eigenvalue weighted by Crippen LogP contribution is 2.59. The van der Waals surface area contributed by atoms with Crippen molar-refractivity contribution < 1.29 is 47.1 Å². The molecule has 35 heavy (non-hydrogen) atoms. The molecule has 17 heteroatoms. The number of hydrogen-bond acceptors (Lipinski definition) is 10. The van der Waals surface area contributed by atoms with Gasteiger partial charge in [0.15, 0.2) is 12.3 Å². The van der Waals surface area contributed by atoms with Crippen molar-refractivity contribution in [1.82, 2.24) is 9.55 Å². The van der Waals surface area contributed by atoms with Gasteiger partial charge in [-0.25, -0.2) is 18.5 Å². The average molecular weight is 535 g/mol. The molecule has 1 aliphatic rings. The molecule has 0 aliphatic carbocycles. The zero-order valence-corrected chi connectivity index (χ0v) is 19.9.